The van der Waals surface area contributed by atoms with Crippen molar-refractivity contribution >= 4 is 0 Å². The molecule has 0 N–H and O–H groups in total. The Morgan fingerprint density at radius 2 is 1.94 bits per heavy atom. The summed E-state index contributed by atoms with van der Waals surface area (Å²) in [7, 11) is 1.67. The quantitative estimate of drug-likeness (QED) is 0.728. The summed E-state index contributed by atoms with van der Waals surface area (Å²) in [6.45, 7) is 4.44. The van der Waals surface area contributed by atoms with Gasteiger partial charge in [-0.15, -0.1) is 0 Å². The van der Waals surface area contributed by atoms with Crippen molar-refractivity contribution in [3.8, 4) is 5.75 Å². The molecule has 1 aliphatic rings. The normalized spacial score (nSPS) is 17.9. The van der Waals surface area contributed by atoms with Crippen molar-refractivity contribution in [3.05, 3.63) is 29.8 Å². The van der Waals surface area contributed by atoms with E-state index in [1.807, 2.05) is 31.2 Å². The van der Waals surface area contributed by atoms with Crippen molar-refractivity contribution in [1.82, 2.24) is 0 Å². The number of hydrogen-bond donors (Lipinski definition) is 0. The number of rotatable bonds is 6. The molecule has 1 aromatic rings. The van der Waals surface area contributed by atoms with Gasteiger partial charge in [0, 0.05) is 12.0 Å². The minimum Gasteiger partial charge on any atom is -0.496 e. The molecule has 0 aliphatic carbocycles. The highest BCUT2D eigenvalue weighted by molar-refractivity contribution is 5.32. The standard InChI is InChI=1S/C14H20O4/c1-14(17-9-10-18-14)7-8-16-11-12-5-3-4-6-13(12)15-2/h3-6H,7-11H2,1-2H3. The van der Waals surface area contributed by atoms with E-state index in [0.29, 0.717) is 26.4 Å². The maximum absolute atomic E-state index is 5.65. The lowest BCUT2D eigenvalue weighted by atomic mass is 10.2. The second-order valence-corrected chi connectivity index (χ2v) is 4.45. The molecule has 1 aliphatic heterocycles. The van der Waals surface area contributed by atoms with Gasteiger partial charge in [-0.3, -0.25) is 0 Å². The van der Waals surface area contributed by atoms with E-state index in [1.54, 1.807) is 7.11 Å². The Balaban J connectivity index is 1.75. The first-order valence-corrected chi connectivity index (χ1v) is 6.21. The summed E-state index contributed by atoms with van der Waals surface area (Å²) in [4.78, 5) is 0. The molecule has 1 saturated heterocycles. The van der Waals surface area contributed by atoms with Crippen LogP contribution in [-0.4, -0.2) is 32.7 Å². The first-order chi connectivity index (χ1) is 8.73. The lowest BCUT2D eigenvalue weighted by molar-refractivity contribution is -0.156. The first kappa shape index (κ1) is 13.3. The second-order valence-electron chi connectivity index (χ2n) is 4.45. The number of para-hydroxylation sites is 1. The average Bonchev–Trinajstić information content (AvgIpc) is 2.82. The molecular weight excluding hydrogens is 232 g/mol. The van der Waals surface area contributed by atoms with E-state index >= 15 is 0 Å². The fraction of sp³-hybridized carbons (Fsp3) is 0.571. The largest absolute Gasteiger partial charge is 0.496 e. The second kappa shape index (κ2) is 6.18. The van der Waals surface area contributed by atoms with Gasteiger partial charge in [-0.1, -0.05) is 18.2 Å². The minimum atomic E-state index is -0.471. The number of hydrogen-bond acceptors (Lipinski definition) is 4. The zero-order chi connectivity index (χ0) is 12.8. The van der Waals surface area contributed by atoms with Crippen LogP contribution in [0.25, 0.3) is 0 Å². The van der Waals surface area contributed by atoms with Gasteiger partial charge in [0.25, 0.3) is 0 Å². The summed E-state index contributed by atoms with van der Waals surface area (Å²) in [5, 5.41) is 0. The molecular formula is C14H20O4. The molecule has 18 heavy (non-hydrogen) atoms. The van der Waals surface area contributed by atoms with Gasteiger partial charge in [0.05, 0.1) is 33.5 Å². The van der Waals surface area contributed by atoms with Crippen LogP contribution in [0, 0.1) is 0 Å². The highest BCUT2D eigenvalue weighted by Gasteiger charge is 2.30. The highest BCUT2D eigenvalue weighted by Crippen LogP contribution is 2.23. The van der Waals surface area contributed by atoms with Crippen molar-refractivity contribution in [2.24, 2.45) is 0 Å². The molecule has 0 amide bonds. The van der Waals surface area contributed by atoms with Crippen LogP contribution in [0.1, 0.15) is 18.9 Å². The van der Waals surface area contributed by atoms with E-state index in [1.165, 1.54) is 0 Å². The molecule has 0 aromatic heterocycles. The Hall–Kier alpha value is -1.10. The lowest BCUT2D eigenvalue weighted by Gasteiger charge is -2.21. The van der Waals surface area contributed by atoms with Gasteiger partial charge in [-0.2, -0.15) is 0 Å². The molecule has 0 radical (unpaired) electrons. The van der Waals surface area contributed by atoms with Crippen LogP contribution in [-0.2, 0) is 20.8 Å². The molecule has 1 heterocycles. The van der Waals surface area contributed by atoms with E-state index < -0.39 is 5.79 Å². The Morgan fingerprint density at radius 3 is 2.67 bits per heavy atom. The monoisotopic (exact) mass is 252 g/mol. The van der Waals surface area contributed by atoms with Crippen molar-refractivity contribution in [1.29, 1.82) is 0 Å². The maximum atomic E-state index is 5.65. The lowest BCUT2D eigenvalue weighted by Crippen LogP contribution is -2.27. The predicted octanol–water partition coefficient (Wildman–Crippen LogP) is 2.36. The minimum absolute atomic E-state index is 0.471. The Labute approximate surface area is 108 Å². The van der Waals surface area contributed by atoms with E-state index in [-0.39, 0.29) is 0 Å². The molecule has 4 heteroatoms. The fourth-order valence-corrected chi connectivity index (χ4v) is 1.96. The molecule has 100 valence electrons. The van der Waals surface area contributed by atoms with Crippen molar-refractivity contribution in [3.63, 3.8) is 0 Å². The van der Waals surface area contributed by atoms with Gasteiger partial charge in [0.15, 0.2) is 5.79 Å². The van der Waals surface area contributed by atoms with E-state index in [2.05, 4.69) is 0 Å². The summed E-state index contributed by atoms with van der Waals surface area (Å²) in [6.07, 6.45) is 0.738. The van der Waals surface area contributed by atoms with Crippen LogP contribution < -0.4 is 4.74 Å². The molecule has 1 aromatic carbocycles. The summed E-state index contributed by atoms with van der Waals surface area (Å²) >= 11 is 0. The third-order valence-corrected chi connectivity index (χ3v) is 3.05. The van der Waals surface area contributed by atoms with Gasteiger partial charge < -0.3 is 18.9 Å². The Bertz CT molecular complexity index is 372. The zero-order valence-electron chi connectivity index (χ0n) is 11.0. The Kier molecular flexibility index (Phi) is 4.58. The third kappa shape index (κ3) is 3.45. The smallest absolute Gasteiger partial charge is 0.167 e. The van der Waals surface area contributed by atoms with Crippen LogP contribution in [0.2, 0.25) is 0 Å². The molecule has 0 unspecified atom stereocenters. The molecule has 0 saturated carbocycles. The topological polar surface area (TPSA) is 36.9 Å². The van der Waals surface area contributed by atoms with Crippen molar-refractivity contribution < 1.29 is 18.9 Å². The predicted molar refractivity (Wildman–Crippen MR) is 67.6 cm³/mol. The van der Waals surface area contributed by atoms with Crippen LogP contribution in [0.15, 0.2) is 24.3 Å². The van der Waals surface area contributed by atoms with Gasteiger partial charge >= 0.3 is 0 Å². The van der Waals surface area contributed by atoms with Crippen LogP contribution in [0.5, 0.6) is 5.75 Å². The molecule has 0 spiro atoms. The highest BCUT2D eigenvalue weighted by atomic mass is 16.7. The molecule has 0 atom stereocenters. The van der Waals surface area contributed by atoms with E-state index in [0.717, 1.165) is 17.7 Å². The van der Waals surface area contributed by atoms with Crippen molar-refractivity contribution in [2.75, 3.05) is 26.9 Å². The Morgan fingerprint density at radius 1 is 1.22 bits per heavy atom. The molecule has 1 fully saturated rings. The maximum Gasteiger partial charge on any atom is 0.167 e. The van der Waals surface area contributed by atoms with Gasteiger partial charge in [-0.05, 0) is 13.0 Å². The molecule has 4 nitrogen and oxygen atoms in total. The average molecular weight is 252 g/mol. The van der Waals surface area contributed by atoms with Gasteiger partial charge in [-0.25, -0.2) is 0 Å². The van der Waals surface area contributed by atoms with E-state index in [4.69, 9.17) is 18.9 Å². The molecule has 2 rings (SSSR count). The summed E-state index contributed by atoms with van der Waals surface area (Å²) in [5.41, 5.74) is 1.05. The van der Waals surface area contributed by atoms with Gasteiger partial charge in [0.2, 0.25) is 0 Å². The first-order valence-electron chi connectivity index (χ1n) is 6.21. The van der Waals surface area contributed by atoms with E-state index in [9.17, 15) is 0 Å². The summed E-state index contributed by atoms with van der Waals surface area (Å²) in [5.74, 6) is 0.387. The number of ether oxygens (including phenoxy) is 4. The fourth-order valence-electron chi connectivity index (χ4n) is 1.96. The zero-order valence-corrected chi connectivity index (χ0v) is 11.0. The van der Waals surface area contributed by atoms with Crippen LogP contribution in [0.4, 0.5) is 0 Å². The summed E-state index contributed by atoms with van der Waals surface area (Å²) < 4.78 is 21.9. The molecule has 0 bridgehead atoms. The third-order valence-electron chi connectivity index (χ3n) is 3.05. The van der Waals surface area contributed by atoms with Crippen LogP contribution >= 0.6 is 0 Å². The van der Waals surface area contributed by atoms with Gasteiger partial charge in [0.1, 0.15) is 5.75 Å². The van der Waals surface area contributed by atoms with Crippen LogP contribution in [0.3, 0.4) is 0 Å². The number of benzene rings is 1. The number of methoxy groups -OCH3 is 1. The van der Waals surface area contributed by atoms with Crippen molar-refractivity contribution in [2.45, 2.75) is 25.7 Å². The SMILES string of the molecule is COc1ccccc1COCCC1(C)OCCO1. The summed E-state index contributed by atoms with van der Waals surface area (Å²) in [6, 6.07) is 7.86.